The molecule has 0 aliphatic rings. The van der Waals surface area contributed by atoms with Crippen LogP contribution < -0.4 is 5.73 Å². The summed E-state index contributed by atoms with van der Waals surface area (Å²) in [6.45, 7) is 2.28. The Balaban J connectivity index is -0.000000167. The zero-order chi connectivity index (χ0) is 26.9. The molecule has 0 aliphatic carbocycles. The Bertz CT molecular complexity index is 596. The van der Waals surface area contributed by atoms with Gasteiger partial charge >= 0.3 is 36.4 Å². The van der Waals surface area contributed by atoms with E-state index >= 15 is 0 Å². The number of aldehydes is 1. The third-order valence-electron chi connectivity index (χ3n) is 1.65. The lowest BCUT2D eigenvalue weighted by Crippen LogP contribution is -2.21. The van der Waals surface area contributed by atoms with E-state index in [0.29, 0.717) is 12.9 Å². The molecule has 188 valence electrons. The molecule has 10 nitrogen and oxygen atoms in total. The number of carbonyl (C=O) groups excluding carboxylic acids is 2. The van der Waals surface area contributed by atoms with E-state index in [1.54, 1.807) is 0 Å². The van der Waals surface area contributed by atoms with Crippen molar-refractivity contribution in [3.63, 3.8) is 0 Å². The van der Waals surface area contributed by atoms with Crippen molar-refractivity contribution in [2.45, 2.75) is 31.9 Å². The Morgan fingerprint density at radius 2 is 1.03 bits per heavy atom. The van der Waals surface area contributed by atoms with E-state index in [-0.39, 0.29) is 5.76 Å². The standard InChI is InChI=1S/C7H11NO3.3C2HF3O2/c1-2-5-11-6(3-4-9)7(8)10;3*3-2(4,5)1(6)7/h3-4H,2,5H2,1H3,(H2,8,10);3*(H,6,7). The number of carbonyl (C=O) groups is 5. The molecule has 0 fully saturated rings. The van der Waals surface area contributed by atoms with Gasteiger partial charge in [-0.1, -0.05) is 6.92 Å². The Hall–Kier alpha value is -3.54. The highest BCUT2D eigenvalue weighted by Gasteiger charge is 2.39. The van der Waals surface area contributed by atoms with Gasteiger partial charge in [-0.3, -0.25) is 9.59 Å². The van der Waals surface area contributed by atoms with E-state index in [1.807, 2.05) is 6.92 Å². The predicted molar refractivity (Wildman–Crippen MR) is 80.7 cm³/mol. The average Bonchev–Trinajstić information content (AvgIpc) is 2.57. The smallest absolute Gasteiger partial charge is 0.488 e. The number of hydrogen-bond donors (Lipinski definition) is 4. The molecule has 0 aliphatic heterocycles. The quantitative estimate of drug-likeness (QED) is 0.190. The van der Waals surface area contributed by atoms with E-state index in [0.717, 1.165) is 12.5 Å². The van der Waals surface area contributed by atoms with Crippen molar-refractivity contribution < 1.29 is 83.5 Å². The molecule has 5 N–H and O–H groups in total. The van der Waals surface area contributed by atoms with Gasteiger partial charge in [-0.05, 0) is 6.42 Å². The number of rotatable bonds is 5. The summed E-state index contributed by atoms with van der Waals surface area (Å²) < 4.78 is 100. The lowest BCUT2D eigenvalue weighted by molar-refractivity contribution is -0.193. The van der Waals surface area contributed by atoms with E-state index < -0.39 is 42.3 Å². The van der Waals surface area contributed by atoms with E-state index in [1.165, 1.54) is 0 Å². The molecule has 0 atom stereocenters. The number of carboxylic acid groups (broad SMARTS) is 3. The summed E-state index contributed by atoms with van der Waals surface area (Å²) >= 11 is 0. The second-order valence-corrected chi connectivity index (χ2v) is 4.29. The SMILES string of the molecule is CCCOC(=CC=O)C(N)=O.O=C(O)C(F)(F)F.O=C(O)C(F)(F)F.O=C(O)C(F)(F)F. The number of hydrogen-bond acceptors (Lipinski definition) is 6. The maximum absolute atomic E-state index is 10.6. The third kappa shape index (κ3) is 26.5. The topological polar surface area (TPSA) is 181 Å². The van der Waals surface area contributed by atoms with Gasteiger partial charge in [0.05, 0.1) is 6.61 Å². The summed E-state index contributed by atoms with van der Waals surface area (Å²) in [4.78, 5) is 47.1. The van der Waals surface area contributed by atoms with Crippen LogP contribution in [0.25, 0.3) is 0 Å². The van der Waals surface area contributed by atoms with Gasteiger partial charge in [-0.15, -0.1) is 0 Å². The Kier molecular flexibility index (Phi) is 18.1. The second kappa shape index (κ2) is 16.2. The summed E-state index contributed by atoms with van der Waals surface area (Å²) in [7, 11) is 0. The molecule has 0 radical (unpaired) electrons. The molecule has 0 heterocycles. The highest BCUT2D eigenvalue weighted by atomic mass is 19.4. The minimum absolute atomic E-state index is 0.0816. The fraction of sp³-hybridized carbons (Fsp3) is 0.462. The summed E-state index contributed by atoms with van der Waals surface area (Å²) in [5.41, 5.74) is 4.87. The molecule has 0 rings (SSSR count). The van der Waals surface area contributed by atoms with Crippen LogP contribution in [0.3, 0.4) is 0 Å². The van der Waals surface area contributed by atoms with Gasteiger partial charge in [0.2, 0.25) is 0 Å². The molecular formula is C13H14F9NO9. The number of halogens is 9. The highest BCUT2D eigenvalue weighted by molar-refractivity contribution is 5.93. The number of primary amides is 1. The van der Waals surface area contributed by atoms with E-state index in [9.17, 15) is 49.1 Å². The Morgan fingerprint density at radius 1 is 0.781 bits per heavy atom. The number of allylic oxidation sites excluding steroid dienone is 1. The number of nitrogens with two attached hydrogens (primary N) is 1. The highest BCUT2D eigenvalue weighted by Crippen LogP contribution is 2.14. The van der Waals surface area contributed by atoms with Crippen LogP contribution in [0.2, 0.25) is 0 Å². The molecule has 0 bridgehead atoms. The van der Waals surface area contributed by atoms with E-state index in [4.69, 9.17) is 40.2 Å². The van der Waals surface area contributed by atoms with Gasteiger partial charge in [-0.2, -0.15) is 39.5 Å². The van der Waals surface area contributed by atoms with Gasteiger partial charge in [-0.25, -0.2) is 14.4 Å². The van der Waals surface area contributed by atoms with Gasteiger partial charge in [0.25, 0.3) is 5.91 Å². The van der Waals surface area contributed by atoms with Crippen LogP contribution in [-0.2, 0) is 28.7 Å². The van der Waals surface area contributed by atoms with E-state index in [2.05, 4.69) is 0 Å². The first-order valence-electron chi connectivity index (χ1n) is 7.03. The third-order valence-corrected chi connectivity index (χ3v) is 1.65. The normalized spacial score (nSPS) is 11.1. The molecule has 0 unspecified atom stereocenters. The fourth-order valence-corrected chi connectivity index (χ4v) is 0.475. The van der Waals surface area contributed by atoms with Crippen molar-refractivity contribution in [2.24, 2.45) is 5.73 Å². The van der Waals surface area contributed by atoms with Crippen LogP contribution in [0.4, 0.5) is 39.5 Å². The Labute approximate surface area is 171 Å². The van der Waals surface area contributed by atoms with Crippen molar-refractivity contribution in [2.75, 3.05) is 6.61 Å². The maximum Gasteiger partial charge on any atom is 0.490 e. The molecule has 32 heavy (non-hydrogen) atoms. The zero-order valence-electron chi connectivity index (χ0n) is 15.3. The maximum atomic E-state index is 10.6. The lowest BCUT2D eigenvalue weighted by Gasteiger charge is -2.02. The summed E-state index contributed by atoms with van der Waals surface area (Å²) in [5.74, 6) is -9.07. The number of alkyl halides is 9. The molecule has 0 saturated heterocycles. The van der Waals surface area contributed by atoms with Crippen molar-refractivity contribution in [1.82, 2.24) is 0 Å². The fourth-order valence-electron chi connectivity index (χ4n) is 0.475. The first-order valence-corrected chi connectivity index (χ1v) is 7.03. The summed E-state index contributed by atoms with van der Waals surface area (Å²) in [5, 5.41) is 21.4. The van der Waals surface area contributed by atoms with Crippen LogP contribution in [0.1, 0.15) is 13.3 Å². The number of aliphatic carboxylic acids is 3. The largest absolute Gasteiger partial charge is 0.490 e. The molecule has 19 heteroatoms. The number of carboxylic acids is 3. The van der Waals surface area contributed by atoms with Gasteiger partial charge < -0.3 is 25.8 Å². The Morgan fingerprint density at radius 3 is 1.16 bits per heavy atom. The van der Waals surface area contributed by atoms with Crippen molar-refractivity contribution >= 4 is 30.1 Å². The summed E-state index contributed by atoms with van der Waals surface area (Å²) in [6, 6.07) is 0. The molecular weight excluding hydrogens is 485 g/mol. The van der Waals surface area contributed by atoms with Gasteiger partial charge in [0, 0.05) is 6.08 Å². The average molecular weight is 499 g/mol. The van der Waals surface area contributed by atoms with Crippen LogP contribution >= 0.6 is 0 Å². The van der Waals surface area contributed by atoms with Gasteiger partial charge in [0.15, 0.2) is 5.76 Å². The van der Waals surface area contributed by atoms with Crippen LogP contribution in [0, 0.1) is 0 Å². The predicted octanol–water partition coefficient (Wildman–Crippen LogP) is 1.88. The minimum atomic E-state index is -5.08. The molecule has 0 saturated carbocycles. The second-order valence-electron chi connectivity index (χ2n) is 4.29. The molecule has 0 aromatic rings. The van der Waals surface area contributed by atoms with Crippen LogP contribution in [-0.4, -0.2) is 70.6 Å². The monoisotopic (exact) mass is 499 g/mol. The molecule has 1 amide bonds. The van der Waals surface area contributed by atoms with Crippen molar-refractivity contribution in [3.05, 3.63) is 11.8 Å². The molecule has 0 aromatic carbocycles. The van der Waals surface area contributed by atoms with Crippen molar-refractivity contribution in [3.8, 4) is 0 Å². The number of amides is 1. The van der Waals surface area contributed by atoms with Crippen LogP contribution in [0.15, 0.2) is 11.8 Å². The van der Waals surface area contributed by atoms with Crippen molar-refractivity contribution in [1.29, 1.82) is 0 Å². The number of ether oxygens (including phenoxy) is 1. The van der Waals surface area contributed by atoms with Crippen LogP contribution in [0.5, 0.6) is 0 Å². The lowest BCUT2D eigenvalue weighted by atomic mass is 10.4. The summed E-state index contributed by atoms with van der Waals surface area (Å²) in [6.07, 6.45) is -13.0. The first kappa shape index (κ1) is 35.9. The first-order chi connectivity index (χ1) is 14.0. The minimum Gasteiger partial charge on any atom is -0.488 e. The molecule has 0 aromatic heterocycles. The molecule has 0 spiro atoms. The zero-order valence-corrected chi connectivity index (χ0v) is 15.3. The van der Waals surface area contributed by atoms with Gasteiger partial charge in [0.1, 0.15) is 6.29 Å².